The summed E-state index contributed by atoms with van der Waals surface area (Å²) < 4.78 is 10.7. The summed E-state index contributed by atoms with van der Waals surface area (Å²) in [5.74, 6) is 0.716. The molecule has 0 saturated heterocycles. The van der Waals surface area contributed by atoms with Gasteiger partial charge in [-0.2, -0.15) is 0 Å². The van der Waals surface area contributed by atoms with Crippen molar-refractivity contribution in [1.29, 1.82) is 0 Å². The summed E-state index contributed by atoms with van der Waals surface area (Å²) in [6.45, 7) is 10.1. The molecule has 24 heavy (non-hydrogen) atoms. The lowest BCUT2D eigenvalue weighted by atomic mass is 10.1. The molecule has 2 N–H and O–H groups in total. The van der Waals surface area contributed by atoms with Crippen LogP contribution in [0.5, 0.6) is 0 Å². The van der Waals surface area contributed by atoms with Crippen LogP contribution in [0.25, 0.3) is 0 Å². The molecule has 2 rings (SSSR count). The van der Waals surface area contributed by atoms with Crippen LogP contribution in [0.4, 0.5) is 10.5 Å². The van der Waals surface area contributed by atoms with E-state index in [0.29, 0.717) is 12.4 Å². The highest BCUT2D eigenvalue weighted by Gasteiger charge is 2.18. The minimum Gasteiger partial charge on any atom is -0.374 e. The van der Waals surface area contributed by atoms with Crippen molar-refractivity contribution in [2.24, 2.45) is 0 Å². The number of urea groups is 1. The lowest BCUT2D eigenvalue weighted by Gasteiger charge is -2.15. The van der Waals surface area contributed by atoms with E-state index in [1.165, 1.54) is 0 Å². The molecule has 0 bridgehead atoms. The summed E-state index contributed by atoms with van der Waals surface area (Å²) in [6, 6.07) is 7.15. The summed E-state index contributed by atoms with van der Waals surface area (Å²) in [6.07, 6.45) is 0.167. The Bertz CT molecular complexity index is 675. The zero-order chi connectivity index (χ0) is 17.7. The van der Waals surface area contributed by atoms with Gasteiger partial charge in [0, 0.05) is 11.3 Å². The van der Waals surface area contributed by atoms with Gasteiger partial charge in [0.2, 0.25) is 0 Å². The van der Waals surface area contributed by atoms with Crippen molar-refractivity contribution in [3.05, 3.63) is 46.8 Å². The van der Waals surface area contributed by atoms with Gasteiger partial charge in [-0.3, -0.25) is 0 Å². The van der Waals surface area contributed by atoms with E-state index in [1.54, 1.807) is 0 Å². The van der Waals surface area contributed by atoms with E-state index >= 15 is 0 Å². The van der Waals surface area contributed by atoms with Crippen LogP contribution < -0.4 is 10.6 Å². The lowest BCUT2D eigenvalue weighted by molar-refractivity contribution is 0.0657. The predicted molar refractivity (Wildman–Crippen MR) is 92.9 cm³/mol. The fraction of sp³-hybridized carbons (Fsp3) is 0.444. The molecule has 0 spiro atoms. The van der Waals surface area contributed by atoms with E-state index < -0.39 is 0 Å². The highest BCUT2D eigenvalue weighted by molar-refractivity contribution is 5.89. The molecule has 1 aromatic carbocycles. The number of rotatable bonds is 6. The first-order valence-electron chi connectivity index (χ1n) is 8.07. The highest BCUT2D eigenvalue weighted by Crippen LogP contribution is 2.21. The number of carbonyl (C=O) groups excluding carboxylic acids is 1. The molecule has 1 aromatic heterocycles. The molecule has 6 nitrogen and oxygen atoms in total. The summed E-state index contributed by atoms with van der Waals surface area (Å²) >= 11 is 0. The molecule has 0 aliphatic rings. The molecule has 0 aliphatic heterocycles. The van der Waals surface area contributed by atoms with Gasteiger partial charge in [0.1, 0.15) is 5.76 Å². The minimum absolute atomic E-state index is 0.167. The zero-order valence-electron chi connectivity index (χ0n) is 14.8. The van der Waals surface area contributed by atoms with Crippen molar-refractivity contribution < 1.29 is 14.1 Å². The van der Waals surface area contributed by atoms with Crippen molar-refractivity contribution in [3.63, 3.8) is 0 Å². The van der Waals surface area contributed by atoms with Gasteiger partial charge in [-0.15, -0.1) is 0 Å². The Kier molecular flexibility index (Phi) is 5.98. The van der Waals surface area contributed by atoms with Crippen LogP contribution in [-0.2, 0) is 11.3 Å². The number of aryl methyl sites for hydroxylation is 2. The first-order chi connectivity index (χ1) is 11.4. The quantitative estimate of drug-likeness (QED) is 0.835. The lowest BCUT2D eigenvalue weighted by Crippen LogP contribution is -2.31. The highest BCUT2D eigenvalue weighted by atomic mass is 16.5. The van der Waals surface area contributed by atoms with Gasteiger partial charge in [0.05, 0.1) is 24.4 Å². The minimum atomic E-state index is -0.274. The fourth-order valence-corrected chi connectivity index (χ4v) is 2.55. The summed E-state index contributed by atoms with van der Waals surface area (Å²) in [4.78, 5) is 12.2. The van der Waals surface area contributed by atoms with Crippen LogP contribution in [0.2, 0.25) is 0 Å². The third kappa shape index (κ3) is 4.83. The van der Waals surface area contributed by atoms with Crippen LogP contribution >= 0.6 is 0 Å². The molecular formula is C18H25N3O3. The van der Waals surface area contributed by atoms with Gasteiger partial charge in [0.25, 0.3) is 0 Å². The third-order valence-corrected chi connectivity index (χ3v) is 3.64. The second-order valence-corrected chi connectivity index (χ2v) is 6.12. The number of anilines is 1. The topological polar surface area (TPSA) is 76.4 Å². The van der Waals surface area contributed by atoms with Crippen molar-refractivity contribution in [3.8, 4) is 0 Å². The largest absolute Gasteiger partial charge is 0.374 e. The first-order valence-corrected chi connectivity index (χ1v) is 8.07. The average Bonchev–Trinajstić information content (AvgIpc) is 2.84. The maximum absolute atomic E-state index is 12.2. The first kappa shape index (κ1) is 18.0. The van der Waals surface area contributed by atoms with Crippen molar-refractivity contribution >= 4 is 11.7 Å². The number of amides is 2. The van der Waals surface area contributed by atoms with Crippen LogP contribution in [0.1, 0.15) is 49.4 Å². The van der Waals surface area contributed by atoms with Crippen molar-refractivity contribution in [1.82, 2.24) is 10.5 Å². The molecule has 130 valence electrons. The Labute approximate surface area is 142 Å². The molecule has 6 heteroatoms. The summed E-state index contributed by atoms with van der Waals surface area (Å²) in [5.41, 5.74) is 3.43. The van der Waals surface area contributed by atoms with Gasteiger partial charge in [-0.25, -0.2) is 4.79 Å². The van der Waals surface area contributed by atoms with Crippen molar-refractivity contribution in [2.75, 3.05) is 5.32 Å². The SMILES string of the molecule is Cc1noc(C)c1C(C)NC(=O)Nc1cccc(COC(C)C)c1. The fourth-order valence-electron chi connectivity index (χ4n) is 2.55. The second kappa shape index (κ2) is 7.97. The number of hydrogen-bond donors (Lipinski definition) is 2. The summed E-state index contributed by atoms with van der Waals surface area (Å²) in [7, 11) is 0. The molecule has 1 heterocycles. The van der Waals surface area contributed by atoms with Crippen LogP contribution in [-0.4, -0.2) is 17.3 Å². The van der Waals surface area contributed by atoms with Gasteiger partial charge in [-0.05, 0) is 52.3 Å². The molecule has 1 atom stereocenters. The Morgan fingerprint density at radius 1 is 1.29 bits per heavy atom. The van der Waals surface area contributed by atoms with E-state index in [4.69, 9.17) is 9.26 Å². The molecular weight excluding hydrogens is 306 g/mol. The molecule has 0 fully saturated rings. The van der Waals surface area contributed by atoms with E-state index in [0.717, 1.165) is 22.5 Å². The van der Waals surface area contributed by atoms with Gasteiger partial charge < -0.3 is 19.9 Å². The van der Waals surface area contributed by atoms with E-state index in [9.17, 15) is 4.79 Å². The Morgan fingerprint density at radius 2 is 2.04 bits per heavy atom. The number of aromatic nitrogens is 1. The Balaban J connectivity index is 1.96. The molecule has 0 saturated carbocycles. The number of carbonyl (C=O) groups is 1. The van der Waals surface area contributed by atoms with Gasteiger partial charge in [-0.1, -0.05) is 17.3 Å². The van der Waals surface area contributed by atoms with E-state index in [-0.39, 0.29) is 18.2 Å². The van der Waals surface area contributed by atoms with Crippen molar-refractivity contribution in [2.45, 2.75) is 53.4 Å². The van der Waals surface area contributed by atoms with Gasteiger partial charge in [0.15, 0.2) is 0 Å². The molecule has 1 unspecified atom stereocenters. The van der Waals surface area contributed by atoms with Crippen LogP contribution in [0, 0.1) is 13.8 Å². The maximum atomic E-state index is 12.2. The number of hydrogen-bond acceptors (Lipinski definition) is 4. The van der Waals surface area contributed by atoms with E-state index in [2.05, 4.69) is 15.8 Å². The molecule has 2 aromatic rings. The normalized spacial score (nSPS) is 12.2. The maximum Gasteiger partial charge on any atom is 0.319 e. The van der Waals surface area contributed by atoms with E-state index in [1.807, 2.05) is 58.9 Å². The second-order valence-electron chi connectivity index (χ2n) is 6.12. The summed E-state index contributed by atoms with van der Waals surface area (Å²) in [5, 5.41) is 9.66. The zero-order valence-corrected chi connectivity index (χ0v) is 14.8. The number of ether oxygens (including phenoxy) is 1. The number of nitrogens with zero attached hydrogens (tertiary/aromatic N) is 1. The monoisotopic (exact) mass is 331 g/mol. The molecule has 0 radical (unpaired) electrons. The number of nitrogens with one attached hydrogen (secondary N) is 2. The average molecular weight is 331 g/mol. The predicted octanol–water partition coefficient (Wildman–Crippen LogP) is 4.10. The van der Waals surface area contributed by atoms with Gasteiger partial charge >= 0.3 is 6.03 Å². The van der Waals surface area contributed by atoms with Crippen LogP contribution in [0.15, 0.2) is 28.8 Å². The molecule has 2 amide bonds. The Hall–Kier alpha value is -2.34. The standard InChI is InChI=1S/C18H25N3O3/c1-11(2)23-10-15-7-6-8-16(9-15)20-18(22)19-12(3)17-13(4)21-24-14(17)5/h6-9,11-12H,10H2,1-5H3,(H2,19,20,22). The Morgan fingerprint density at radius 3 is 2.67 bits per heavy atom. The van der Waals surface area contributed by atoms with Crippen LogP contribution in [0.3, 0.4) is 0 Å². The third-order valence-electron chi connectivity index (χ3n) is 3.64. The molecule has 0 aliphatic carbocycles. The number of benzene rings is 1. The smallest absolute Gasteiger partial charge is 0.319 e.